The van der Waals surface area contributed by atoms with Crippen LogP contribution in [0.4, 0.5) is 0 Å². The average Bonchev–Trinajstić information content (AvgIpc) is 3.18. The van der Waals surface area contributed by atoms with Gasteiger partial charge in [-0.25, -0.2) is 0 Å². The molecule has 5 aliphatic rings. The third-order valence-corrected chi connectivity index (χ3v) is 19.4. The molecule has 2 aromatic carbocycles. The van der Waals surface area contributed by atoms with Gasteiger partial charge in [-0.2, -0.15) is 0 Å². The van der Waals surface area contributed by atoms with Gasteiger partial charge in [0.1, 0.15) is 0 Å². The molecular formula is C28H30Cl2Zr. The number of benzene rings is 2. The first-order valence-electron chi connectivity index (χ1n) is 12.0. The van der Waals surface area contributed by atoms with Crippen LogP contribution in [0.3, 0.4) is 0 Å². The molecule has 0 spiro atoms. The number of allylic oxidation sites excluding steroid dienone is 2. The molecule has 31 heavy (non-hydrogen) atoms. The third kappa shape index (κ3) is 3.25. The first-order chi connectivity index (χ1) is 14.4. The third-order valence-electron chi connectivity index (χ3n) is 8.61. The van der Waals surface area contributed by atoms with Crippen molar-refractivity contribution in [2.24, 2.45) is 0 Å². The Morgan fingerprint density at radius 2 is 1.00 bits per heavy atom. The van der Waals surface area contributed by atoms with E-state index in [0.717, 1.165) is 0 Å². The van der Waals surface area contributed by atoms with E-state index in [2.05, 4.69) is 36.4 Å². The summed E-state index contributed by atoms with van der Waals surface area (Å²) in [6.07, 6.45) is 23.3. The molecule has 0 unspecified atom stereocenters. The van der Waals surface area contributed by atoms with Gasteiger partial charge in [-0.05, 0) is 0 Å². The summed E-state index contributed by atoms with van der Waals surface area (Å²) in [6, 6.07) is 5.52. The fraction of sp³-hybridized carbons (Fsp3) is 0.429. The maximum absolute atomic E-state index is 2.76. The summed E-state index contributed by atoms with van der Waals surface area (Å²) in [5.74, 6) is 0. The van der Waals surface area contributed by atoms with Gasteiger partial charge >= 0.3 is 180 Å². The molecule has 0 nitrogen and oxygen atoms in total. The van der Waals surface area contributed by atoms with E-state index in [1.165, 1.54) is 64.2 Å². The van der Waals surface area contributed by atoms with Crippen molar-refractivity contribution in [2.75, 3.05) is 0 Å². The van der Waals surface area contributed by atoms with E-state index < -0.39 is 20.3 Å². The van der Waals surface area contributed by atoms with Gasteiger partial charge in [-0.3, -0.25) is 0 Å². The summed E-state index contributed by atoms with van der Waals surface area (Å²) in [5, 5.41) is 0. The predicted molar refractivity (Wildman–Crippen MR) is 121 cm³/mol. The average molecular weight is 529 g/mol. The second-order valence-electron chi connectivity index (χ2n) is 10.1. The van der Waals surface area contributed by atoms with Crippen LogP contribution in [-0.4, -0.2) is 0 Å². The predicted octanol–water partition coefficient (Wildman–Crippen LogP) is -0.454. The zero-order valence-electron chi connectivity index (χ0n) is 18.2. The van der Waals surface area contributed by atoms with Gasteiger partial charge in [-0.1, -0.05) is 0 Å². The standard InChI is InChI=1S/2C13H13.C2H4.2ClH.Zr/c2*1-2-6-12-10(4-1)8-9-11-5-3-7-13(11)12;1-2;;;/h2*3,5,8H,1-2,4,6-7H2;1-2H2;2*1H;/q;;;;;+2/p-2. The molecule has 0 atom stereocenters. The topological polar surface area (TPSA) is 0 Å². The molecule has 160 valence electrons. The molecule has 1 saturated heterocycles. The van der Waals surface area contributed by atoms with E-state index in [-0.39, 0.29) is 24.8 Å². The van der Waals surface area contributed by atoms with Gasteiger partial charge in [0.15, 0.2) is 0 Å². The van der Waals surface area contributed by atoms with Crippen LogP contribution in [0.15, 0.2) is 24.3 Å². The first kappa shape index (κ1) is 22.2. The Morgan fingerprint density at radius 1 is 0.548 bits per heavy atom. The van der Waals surface area contributed by atoms with Crippen molar-refractivity contribution in [2.45, 2.75) is 72.5 Å². The van der Waals surface area contributed by atoms with E-state index >= 15 is 0 Å². The fourth-order valence-electron chi connectivity index (χ4n) is 7.06. The van der Waals surface area contributed by atoms with E-state index in [0.29, 0.717) is 0 Å². The maximum Gasteiger partial charge on any atom is -1.00 e. The molecule has 0 N–H and O–H groups in total. The van der Waals surface area contributed by atoms with Crippen molar-refractivity contribution in [3.63, 3.8) is 0 Å². The van der Waals surface area contributed by atoms with Gasteiger partial charge in [0.05, 0.1) is 0 Å². The van der Waals surface area contributed by atoms with Gasteiger partial charge < -0.3 is 24.8 Å². The summed E-state index contributed by atoms with van der Waals surface area (Å²) < 4.78 is 6.88. The molecule has 7 rings (SSSR count). The smallest absolute Gasteiger partial charge is 1.00 e. The zero-order chi connectivity index (χ0) is 19.0. The van der Waals surface area contributed by atoms with Gasteiger partial charge in [0.25, 0.3) is 0 Å². The normalized spacial score (nSPS) is 19.7. The Morgan fingerprint density at radius 3 is 1.45 bits per heavy atom. The van der Waals surface area contributed by atoms with Crippen LogP contribution >= 0.6 is 0 Å². The van der Waals surface area contributed by atoms with Crippen LogP contribution in [0.25, 0.3) is 12.2 Å². The SMILES string of the molecule is C1=Cc2[c]([Zr+2]3([c]4cc5c(c6c4C=CC6)CCCC5)[CH2][CH2]3)cc3c(c2C1)CCCC3.[Cl-].[Cl-]. The minimum Gasteiger partial charge on any atom is -1.00 e. The van der Waals surface area contributed by atoms with Crippen LogP contribution in [0.1, 0.15) is 70.2 Å². The minimum atomic E-state index is -2.48. The molecule has 1 aliphatic heterocycles. The number of hydrogen-bond donors (Lipinski definition) is 0. The molecule has 0 radical (unpaired) electrons. The number of halogens is 2. The van der Waals surface area contributed by atoms with Crippen molar-refractivity contribution in [3.8, 4) is 0 Å². The second kappa shape index (κ2) is 8.31. The van der Waals surface area contributed by atoms with Crippen LogP contribution < -0.4 is 31.4 Å². The number of aryl methyl sites for hydroxylation is 2. The minimum absolute atomic E-state index is 0. The Hall–Kier alpha value is -0.617. The summed E-state index contributed by atoms with van der Waals surface area (Å²) in [7, 11) is 0. The molecule has 2 aromatic rings. The molecule has 1 fully saturated rings. The number of hydrogen-bond acceptors (Lipinski definition) is 0. The zero-order valence-corrected chi connectivity index (χ0v) is 22.2. The van der Waals surface area contributed by atoms with Crippen molar-refractivity contribution < 1.29 is 45.1 Å². The molecule has 4 aliphatic carbocycles. The number of rotatable bonds is 2. The molecule has 0 saturated carbocycles. The van der Waals surface area contributed by atoms with Crippen molar-refractivity contribution >= 4 is 18.7 Å². The van der Waals surface area contributed by atoms with Crippen LogP contribution in [0, 0.1) is 0 Å². The van der Waals surface area contributed by atoms with Crippen LogP contribution in [-0.2, 0) is 58.8 Å². The monoisotopic (exact) mass is 526 g/mol. The van der Waals surface area contributed by atoms with Crippen LogP contribution in [0.2, 0.25) is 8.26 Å². The largest absolute Gasteiger partial charge is 1.00 e. The summed E-state index contributed by atoms with van der Waals surface area (Å²) in [6.45, 7) is 0. The molecule has 1 heterocycles. The maximum atomic E-state index is 2.76. The Kier molecular flexibility index (Phi) is 5.95. The van der Waals surface area contributed by atoms with Crippen molar-refractivity contribution in [1.29, 1.82) is 0 Å². The number of fused-ring (bicyclic) bond motifs is 6. The molecule has 0 bridgehead atoms. The molecular weight excluding hydrogens is 498 g/mol. The molecule has 0 amide bonds. The second-order valence-corrected chi connectivity index (χ2v) is 20.5. The van der Waals surface area contributed by atoms with E-state index in [9.17, 15) is 0 Å². The summed E-state index contributed by atoms with van der Waals surface area (Å²) in [4.78, 5) is 0. The summed E-state index contributed by atoms with van der Waals surface area (Å²) in [5.41, 5.74) is 13.9. The van der Waals surface area contributed by atoms with Gasteiger partial charge in [-0.15, -0.1) is 0 Å². The van der Waals surface area contributed by atoms with E-state index in [1.54, 1.807) is 52.8 Å². The van der Waals surface area contributed by atoms with E-state index in [1.807, 2.05) is 6.54 Å². The van der Waals surface area contributed by atoms with Crippen molar-refractivity contribution in [1.82, 2.24) is 0 Å². The summed E-state index contributed by atoms with van der Waals surface area (Å²) >= 11 is -2.48. The first-order valence-corrected chi connectivity index (χ1v) is 18.0. The molecule has 3 heteroatoms. The van der Waals surface area contributed by atoms with Gasteiger partial charge in [0, 0.05) is 0 Å². The van der Waals surface area contributed by atoms with Crippen molar-refractivity contribution in [3.05, 3.63) is 68.8 Å². The Labute approximate surface area is 203 Å². The van der Waals surface area contributed by atoms with Gasteiger partial charge in [0.2, 0.25) is 0 Å². The quantitative estimate of drug-likeness (QED) is 0.496. The Balaban J connectivity index is 0.00000102. The fourth-order valence-corrected chi connectivity index (χ4v) is 20.6. The van der Waals surface area contributed by atoms with Crippen LogP contribution in [0.5, 0.6) is 0 Å². The molecule has 0 aromatic heterocycles. The van der Waals surface area contributed by atoms with E-state index in [4.69, 9.17) is 0 Å². The Bertz CT molecular complexity index is 1040.